The second kappa shape index (κ2) is 5.38. The zero-order chi connectivity index (χ0) is 13.9. The molecule has 0 radical (unpaired) electrons. The SMILES string of the molecule is COC(=O)c1ccccc1Sn1cnc2ccccc21. The number of methoxy groups -OCH3 is 1. The van der Waals surface area contributed by atoms with Crippen molar-refractivity contribution in [2.24, 2.45) is 0 Å². The summed E-state index contributed by atoms with van der Waals surface area (Å²) in [6, 6.07) is 15.2. The number of rotatable bonds is 3. The number of hydrogen-bond donors (Lipinski definition) is 0. The van der Waals surface area contributed by atoms with Crippen LogP contribution in [0.4, 0.5) is 0 Å². The van der Waals surface area contributed by atoms with E-state index in [1.165, 1.54) is 19.1 Å². The maximum Gasteiger partial charge on any atom is 0.339 e. The Bertz CT molecular complexity index is 767. The van der Waals surface area contributed by atoms with E-state index in [0.29, 0.717) is 5.56 Å². The van der Waals surface area contributed by atoms with Crippen molar-refractivity contribution in [1.29, 1.82) is 0 Å². The minimum Gasteiger partial charge on any atom is -0.465 e. The van der Waals surface area contributed by atoms with Gasteiger partial charge < -0.3 is 4.74 Å². The molecule has 3 aromatic rings. The Kier molecular flexibility index (Phi) is 3.43. The van der Waals surface area contributed by atoms with E-state index >= 15 is 0 Å². The molecule has 1 aromatic heterocycles. The molecular formula is C15H12N2O2S. The van der Waals surface area contributed by atoms with Crippen LogP contribution in [-0.2, 0) is 4.74 Å². The molecule has 0 saturated heterocycles. The molecule has 0 aliphatic heterocycles. The minimum absolute atomic E-state index is 0.336. The van der Waals surface area contributed by atoms with Crippen LogP contribution in [0, 0.1) is 0 Å². The minimum atomic E-state index is -0.336. The molecule has 1 heterocycles. The highest BCUT2D eigenvalue weighted by atomic mass is 32.2. The average Bonchev–Trinajstić information content (AvgIpc) is 2.90. The first-order valence-electron chi connectivity index (χ1n) is 6.07. The van der Waals surface area contributed by atoms with Gasteiger partial charge in [0.2, 0.25) is 0 Å². The van der Waals surface area contributed by atoms with Crippen molar-refractivity contribution >= 4 is 29.0 Å². The van der Waals surface area contributed by atoms with Gasteiger partial charge in [-0.05, 0) is 36.2 Å². The van der Waals surface area contributed by atoms with E-state index in [-0.39, 0.29) is 5.97 Å². The summed E-state index contributed by atoms with van der Waals surface area (Å²) in [5.41, 5.74) is 2.49. The van der Waals surface area contributed by atoms with Gasteiger partial charge in [-0.15, -0.1) is 0 Å². The molecule has 0 aliphatic rings. The van der Waals surface area contributed by atoms with Crippen molar-refractivity contribution < 1.29 is 9.53 Å². The number of para-hydroxylation sites is 2. The molecule has 0 unspecified atom stereocenters. The van der Waals surface area contributed by atoms with Gasteiger partial charge in [-0.25, -0.2) is 9.78 Å². The van der Waals surface area contributed by atoms with E-state index in [9.17, 15) is 4.79 Å². The molecule has 4 nitrogen and oxygen atoms in total. The second-order valence-electron chi connectivity index (χ2n) is 4.14. The Hall–Kier alpha value is -2.27. The first-order chi connectivity index (χ1) is 9.79. The van der Waals surface area contributed by atoms with Crippen LogP contribution in [-0.4, -0.2) is 22.0 Å². The summed E-state index contributed by atoms with van der Waals surface area (Å²) < 4.78 is 6.75. The van der Waals surface area contributed by atoms with Crippen LogP contribution in [0.3, 0.4) is 0 Å². The highest BCUT2D eigenvalue weighted by molar-refractivity contribution is 7.98. The molecule has 0 spiro atoms. The van der Waals surface area contributed by atoms with Crippen LogP contribution in [0.1, 0.15) is 10.4 Å². The fourth-order valence-corrected chi connectivity index (χ4v) is 2.89. The molecule has 0 amide bonds. The van der Waals surface area contributed by atoms with Gasteiger partial charge in [-0.2, -0.15) is 0 Å². The molecular weight excluding hydrogens is 272 g/mol. The lowest BCUT2D eigenvalue weighted by Gasteiger charge is -2.07. The molecule has 3 rings (SSSR count). The zero-order valence-electron chi connectivity index (χ0n) is 10.8. The first kappa shape index (κ1) is 12.7. The lowest BCUT2D eigenvalue weighted by atomic mass is 10.2. The van der Waals surface area contributed by atoms with E-state index in [1.54, 1.807) is 12.4 Å². The number of carbonyl (C=O) groups is 1. The predicted molar refractivity (Wildman–Crippen MR) is 78.8 cm³/mol. The summed E-state index contributed by atoms with van der Waals surface area (Å²) >= 11 is 1.45. The van der Waals surface area contributed by atoms with Crippen molar-refractivity contribution in [2.75, 3.05) is 7.11 Å². The fraction of sp³-hybridized carbons (Fsp3) is 0.0667. The van der Waals surface area contributed by atoms with Crippen molar-refractivity contribution in [2.45, 2.75) is 4.90 Å². The molecule has 20 heavy (non-hydrogen) atoms. The van der Waals surface area contributed by atoms with Crippen LogP contribution in [0.15, 0.2) is 59.8 Å². The van der Waals surface area contributed by atoms with Crippen molar-refractivity contribution in [3.05, 3.63) is 60.4 Å². The molecule has 0 fully saturated rings. The lowest BCUT2D eigenvalue weighted by Crippen LogP contribution is -2.03. The van der Waals surface area contributed by atoms with E-state index in [4.69, 9.17) is 4.74 Å². The molecule has 0 atom stereocenters. The van der Waals surface area contributed by atoms with Crippen molar-refractivity contribution in [1.82, 2.24) is 8.96 Å². The molecule has 0 aliphatic carbocycles. The molecule has 5 heteroatoms. The zero-order valence-corrected chi connectivity index (χ0v) is 11.6. The Morgan fingerprint density at radius 3 is 2.75 bits per heavy atom. The van der Waals surface area contributed by atoms with Crippen molar-refractivity contribution in [3.63, 3.8) is 0 Å². The first-order valence-corrected chi connectivity index (χ1v) is 6.84. The Balaban J connectivity index is 2.01. The fourth-order valence-electron chi connectivity index (χ4n) is 1.94. The number of fused-ring (bicyclic) bond motifs is 1. The second-order valence-corrected chi connectivity index (χ2v) is 5.15. The van der Waals surface area contributed by atoms with E-state index < -0.39 is 0 Å². The number of imidazole rings is 1. The highest BCUT2D eigenvalue weighted by Gasteiger charge is 2.13. The molecule has 100 valence electrons. The van der Waals surface area contributed by atoms with Gasteiger partial charge in [0.15, 0.2) is 0 Å². The van der Waals surface area contributed by atoms with Gasteiger partial charge in [0.25, 0.3) is 0 Å². The number of aromatic nitrogens is 2. The number of esters is 1. The monoisotopic (exact) mass is 284 g/mol. The molecule has 0 bridgehead atoms. The third-order valence-corrected chi connectivity index (χ3v) is 3.95. The largest absolute Gasteiger partial charge is 0.465 e. The summed E-state index contributed by atoms with van der Waals surface area (Å²) in [7, 11) is 1.39. The Labute approximate surface area is 120 Å². The van der Waals surface area contributed by atoms with Crippen LogP contribution < -0.4 is 0 Å². The molecule has 0 N–H and O–H groups in total. The summed E-state index contributed by atoms with van der Waals surface area (Å²) in [4.78, 5) is 16.9. The Morgan fingerprint density at radius 1 is 1.15 bits per heavy atom. The summed E-state index contributed by atoms with van der Waals surface area (Å²) in [6.45, 7) is 0. The number of nitrogens with zero attached hydrogens (tertiary/aromatic N) is 2. The smallest absolute Gasteiger partial charge is 0.339 e. The van der Waals surface area contributed by atoms with Crippen LogP contribution in [0.25, 0.3) is 11.0 Å². The number of hydrogen-bond acceptors (Lipinski definition) is 4. The van der Waals surface area contributed by atoms with Gasteiger partial charge >= 0.3 is 5.97 Å². The highest BCUT2D eigenvalue weighted by Crippen LogP contribution is 2.28. The normalized spacial score (nSPS) is 10.7. The maximum absolute atomic E-state index is 11.8. The number of carbonyl (C=O) groups excluding carboxylic acids is 1. The molecule has 2 aromatic carbocycles. The van der Waals surface area contributed by atoms with Gasteiger partial charge in [0.05, 0.1) is 23.7 Å². The third kappa shape index (κ3) is 2.28. The van der Waals surface area contributed by atoms with E-state index in [2.05, 4.69) is 4.98 Å². The lowest BCUT2D eigenvalue weighted by molar-refractivity contribution is 0.0597. The average molecular weight is 284 g/mol. The van der Waals surface area contributed by atoms with Crippen LogP contribution in [0.5, 0.6) is 0 Å². The van der Waals surface area contributed by atoms with Gasteiger partial charge in [0.1, 0.15) is 6.33 Å². The predicted octanol–water partition coefficient (Wildman–Crippen LogP) is 3.38. The van der Waals surface area contributed by atoms with Gasteiger partial charge in [0, 0.05) is 4.90 Å². The molecule has 0 saturated carbocycles. The van der Waals surface area contributed by atoms with E-state index in [1.807, 2.05) is 46.4 Å². The Morgan fingerprint density at radius 2 is 1.90 bits per heavy atom. The third-order valence-electron chi connectivity index (χ3n) is 2.91. The quantitative estimate of drug-likeness (QED) is 0.692. The van der Waals surface area contributed by atoms with Crippen molar-refractivity contribution in [3.8, 4) is 0 Å². The van der Waals surface area contributed by atoms with Crippen LogP contribution in [0.2, 0.25) is 0 Å². The summed E-state index contributed by atoms with van der Waals surface area (Å²) in [5, 5.41) is 0. The standard InChI is InChI=1S/C15H12N2O2S/c1-19-15(18)11-6-2-5-9-14(11)20-17-10-16-12-7-3-4-8-13(12)17/h2-10H,1H3. The van der Waals surface area contributed by atoms with Gasteiger partial charge in [-0.3, -0.25) is 3.97 Å². The maximum atomic E-state index is 11.8. The summed E-state index contributed by atoms with van der Waals surface area (Å²) in [6.07, 6.45) is 1.75. The van der Waals surface area contributed by atoms with Gasteiger partial charge in [-0.1, -0.05) is 24.3 Å². The number of benzene rings is 2. The van der Waals surface area contributed by atoms with E-state index in [0.717, 1.165) is 15.9 Å². The summed E-state index contributed by atoms with van der Waals surface area (Å²) in [5.74, 6) is -0.336. The number of ether oxygens (including phenoxy) is 1. The topological polar surface area (TPSA) is 44.1 Å². The van der Waals surface area contributed by atoms with Crippen LogP contribution >= 0.6 is 11.9 Å².